The Kier molecular flexibility index (Phi) is 4.79. The van der Waals surface area contributed by atoms with Crippen molar-refractivity contribution >= 4 is 23.5 Å². The van der Waals surface area contributed by atoms with Gasteiger partial charge in [-0.15, -0.1) is 11.6 Å². The van der Waals surface area contributed by atoms with Crippen LogP contribution in [0.5, 0.6) is 0 Å². The average Bonchev–Trinajstić information content (AvgIpc) is 2.35. The largest absolute Gasteiger partial charge is 0.363 e. The fourth-order valence-electron chi connectivity index (χ4n) is 1.21. The topological polar surface area (TPSA) is 55.4 Å². The Labute approximate surface area is 98.5 Å². The smallest absolute Gasteiger partial charge is 0.335 e. The SMILES string of the molecule is CCc1ccccc1C(=O)ONC(=O)CCl. The van der Waals surface area contributed by atoms with Crippen molar-refractivity contribution in [2.24, 2.45) is 0 Å². The van der Waals surface area contributed by atoms with Gasteiger partial charge in [0.25, 0.3) is 5.91 Å². The second kappa shape index (κ2) is 6.12. The number of carbonyl (C=O) groups is 2. The number of carbonyl (C=O) groups excluding carboxylic acids is 2. The van der Waals surface area contributed by atoms with Gasteiger partial charge in [0, 0.05) is 0 Å². The van der Waals surface area contributed by atoms with Crippen molar-refractivity contribution in [2.75, 3.05) is 5.88 Å². The van der Waals surface area contributed by atoms with E-state index in [1.807, 2.05) is 24.5 Å². The van der Waals surface area contributed by atoms with Crippen LogP contribution in [-0.4, -0.2) is 17.8 Å². The van der Waals surface area contributed by atoms with Crippen LogP contribution in [-0.2, 0) is 16.1 Å². The summed E-state index contributed by atoms with van der Waals surface area (Å²) in [5, 5.41) is 0. The second-order valence-electron chi connectivity index (χ2n) is 3.06. The lowest BCUT2D eigenvalue weighted by Crippen LogP contribution is -2.28. The Bertz CT molecular complexity index is 393. The lowest BCUT2D eigenvalue weighted by molar-refractivity contribution is -0.127. The third-order valence-corrected chi connectivity index (χ3v) is 2.24. The van der Waals surface area contributed by atoms with E-state index in [0.717, 1.165) is 5.56 Å². The van der Waals surface area contributed by atoms with Crippen molar-refractivity contribution in [1.29, 1.82) is 0 Å². The van der Waals surface area contributed by atoms with Gasteiger partial charge in [-0.05, 0) is 18.1 Å². The molecule has 4 nitrogen and oxygen atoms in total. The lowest BCUT2D eigenvalue weighted by Gasteiger charge is -2.07. The molecule has 1 rings (SSSR count). The van der Waals surface area contributed by atoms with Crippen LogP contribution in [0.4, 0.5) is 0 Å². The molecular formula is C11H12ClNO3. The summed E-state index contributed by atoms with van der Waals surface area (Å²) in [7, 11) is 0. The maximum atomic E-state index is 11.6. The van der Waals surface area contributed by atoms with Gasteiger partial charge in [0.2, 0.25) is 0 Å². The Hall–Kier alpha value is -1.55. The molecule has 16 heavy (non-hydrogen) atoms. The number of amides is 1. The molecule has 0 atom stereocenters. The molecule has 1 N–H and O–H groups in total. The highest BCUT2D eigenvalue weighted by atomic mass is 35.5. The maximum Gasteiger partial charge on any atom is 0.363 e. The van der Waals surface area contributed by atoms with E-state index in [-0.39, 0.29) is 5.88 Å². The minimum Gasteiger partial charge on any atom is -0.335 e. The number of halogens is 1. The monoisotopic (exact) mass is 241 g/mol. The van der Waals surface area contributed by atoms with Crippen LogP contribution in [0.3, 0.4) is 0 Å². The second-order valence-corrected chi connectivity index (χ2v) is 3.33. The van der Waals surface area contributed by atoms with E-state index in [1.54, 1.807) is 12.1 Å². The van der Waals surface area contributed by atoms with Gasteiger partial charge in [-0.25, -0.2) is 4.79 Å². The standard InChI is InChI=1S/C11H12ClNO3/c1-2-8-5-3-4-6-9(8)11(15)16-13-10(14)7-12/h3-6H,2,7H2,1H3,(H,13,14). The van der Waals surface area contributed by atoms with Gasteiger partial charge in [-0.1, -0.05) is 25.1 Å². The first-order valence-electron chi connectivity index (χ1n) is 4.83. The minimum absolute atomic E-state index is 0.247. The molecule has 0 radical (unpaired) electrons. The number of hydrogen-bond acceptors (Lipinski definition) is 3. The van der Waals surface area contributed by atoms with Crippen LogP contribution < -0.4 is 5.48 Å². The molecule has 0 unspecified atom stereocenters. The molecule has 0 bridgehead atoms. The van der Waals surface area contributed by atoms with Crippen LogP contribution in [0.1, 0.15) is 22.8 Å². The number of rotatable bonds is 3. The Morgan fingerprint density at radius 1 is 1.38 bits per heavy atom. The highest BCUT2D eigenvalue weighted by Gasteiger charge is 2.12. The van der Waals surface area contributed by atoms with E-state index >= 15 is 0 Å². The summed E-state index contributed by atoms with van der Waals surface area (Å²) < 4.78 is 0. The third-order valence-electron chi connectivity index (χ3n) is 2.00. The summed E-state index contributed by atoms with van der Waals surface area (Å²) in [5.74, 6) is -1.39. The Balaban J connectivity index is 2.69. The zero-order chi connectivity index (χ0) is 12.0. The van der Waals surface area contributed by atoms with Gasteiger partial charge in [0.1, 0.15) is 5.88 Å². The fraction of sp³-hybridized carbons (Fsp3) is 0.273. The molecule has 0 aliphatic carbocycles. The molecule has 5 heteroatoms. The molecule has 0 saturated carbocycles. The predicted octanol–water partition coefficient (Wildman–Crippen LogP) is 1.68. The van der Waals surface area contributed by atoms with Gasteiger partial charge in [-0.2, -0.15) is 5.48 Å². The fourth-order valence-corrected chi connectivity index (χ4v) is 1.27. The third kappa shape index (κ3) is 3.24. The summed E-state index contributed by atoms with van der Waals surface area (Å²) in [6, 6.07) is 7.06. The van der Waals surface area contributed by atoms with Gasteiger partial charge in [-0.3, -0.25) is 4.79 Å². The number of nitrogens with one attached hydrogen (secondary N) is 1. The minimum atomic E-state index is -0.587. The average molecular weight is 242 g/mol. The highest BCUT2D eigenvalue weighted by molar-refractivity contribution is 6.27. The molecule has 0 spiro atoms. The van der Waals surface area contributed by atoms with Gasteiger partial charge in [0.05, 0.1) is 5.56 Å². The zero-order valence-corrected chi connectivity index (χ0v) is 9.58. The van der Waals surface area contributed by atoms with Crippen molar-refractivity contribution in [3.05, 3.63) is 35.4 Å². The summed E-state index contributed by atoms with van der Waals surface area (Å²) in [4.78, 5) is 26.9. The van der Waals surface area contributed by atoms with E-state index in [4.69, 9.17) is 11.6 Å². The first kappa shape index (κ1) is 12.5. The van der Waals surface area contributed by atoms with Crippen LogP contribution >= 0.6 is 11.6 Å². The molecule has 1 aromatic carbocycles. The molecule has 0 aromatic heterocycles. The molecule has 0 aliphatic heterocycles. The van der Waals surface area contributed by atoms with Crippen LogP contribution in [0.25, 0.3) is 0 Å². The summed E-state index contributed by atoms with van der Waals surface area (Å²) in [5.41, 5.74) is 3.27. The van der Waals surface area contributed by atoms with Gasteiger partial charge < -0.3 is 4.84 Å². The van der Waals surface area contributed by atoms with E-state index < -0.39 is 11.9 Å². The van der Waals surface area contributed by atoms with Crippen molar-refractivity contribution < 1.29 is 14.4 Å². The molecule has 0 heterocycles. The van der Waals surface area contributed by atoms with E-state index in [0.29, 0.717) is 12.0 Å². The lowest BCUT2D eigenvalue weighted by atomic mass is 10.1. The van der Waals surface area contributed by atoms with E-state index in [1.165, 1.54) is 0 Å². The number of hydrogen-bond donors (Lipinski definition) is 1. The quantitative estimate of drug-likeness (QED) is 0.647. The van der Waals surface area contributed by atoms with Crippen LogP contribution in [0, 0.1) is 0 Å². The van der Waals surface area contributed by atoms with E-state index in [2.05, 4.69) is 4.84 Å². The summed E-state index contributed by atoms with van der Waals surface area (Å²) >= 11 is 5.24. The summed E-state index contributed by atoms with van der Waals surface area (Å²) in [6.07, 6.45) is 0.717. The van der Waals surface area contributed by atoms with Crippen molar-refractivity contribution in [3.63, 3.8) is 0 Å². The molecular weight excluding hydrogens is 230 g/mol. The molecule has 1 amide bonds. The molecule has 0 aliphatic rings. The molecule has 0 saturated heterocycles. The summed E-state index contributed by atoms with van der Waals surface area (Å²) in [6.45, 7) is 1.93. The zero-order valence-electron chi connectivity index (χ0n) is 8.83. The number of alkyl halides is 1. The Morgan fingerprint density at radius 2 is 2.06 bits per heavy atom. The van der Waals surface area contributed by atoms with Crippen molar-refractivity contribution in [2.45, 2.75) is 13.3 Å². The number of hydroxylamine groups is 1. The molecule has 86 valence electrons. The van der Waals surface area contributed by atoms with Gasteiger partial charge >= 0.3 is 5.97 Å². The van der Waals surface area contributed by atoms with Crippen molar-refractivity contribution in [3.8, 4) is 0 Å². The van der Waals surface area contributed by atoms with Gasteiger partial charge in [0.15, 0.2) is 0 Å². The molecule has 1 aromatic rings. The molecule has 0 fully saturated rings. The predicted molar refractivity (Wildman–Crippen MR) is 60.1 cm³/mol. The first-order valence-corrected chi connectivity index (χ1v) is 5.36. The van der Waals surface area contributed by atoms with Crippen molar-refractivity contribution in [1.82, 2.24) is 5.48 Å². The van der Waals surface area contributed by atoms with Crippen LogP contribution in [0.15, 0.2) is 24.3 Å². The first-order chi connectivity index (χ1) is 7.69. The maximum absolute atomic E-state index is 11.6. The normalized spacial score (nSPS) is 9.62. The number of benzene rings is 1. The van der Waals surface area contributed by atoms with Crippen LogP contribution in [0.2, 0.25) is 0 Å². The van der Waals surface area contributed by atoms with E-state index in [9.17, 15) is 9.59 Å². The Morgan fingerprint density at radius 3 is 2.69 bits per heavy atom. The number of aryl methyl sites for hydroxylation is 1. The highest BCUT2D eigenvalue weighted by Crippen LogP contribution is 2.10.